The van der Waals surface area contributed by atoms with Gasteiger partial charge in [0.05, 0.1) is 7.11 Å². The highest BCUT2D eigenvalue weighted by molar-refractivity contribution is 5.92. The number of carbonyl (C=O) groups is 2. The van der Waals surface area contributed by atoms with Gasteiger partial charge in [0.2, 0.25) is 11.8 Å². The lowest BCUT2D eigenvalue weighted by atomic mass is 10.2. The van der Waals surface area contributed by atoms with Crippen molar-refractivity contribution in [2.75, 3.05) is 36.5 Å². The van der Waals surface area contributed by atoms with E-state index < -0.39 is 0 Å². The average molecular weight is 396 g/mol. The van der Waals surface area contributed by atoms with E-state index in [4.69, 9.17) is 4.74 Å². The van der Waals surface area contributed by atoms with Crippen molar-refractivity contribution in [2.24, 2.45) is 0 Å². The first-order chi connectivity index (χ1) is 14.1. The van der Waals surface area contributed by atoms with Crippen molar-refractivity contribution in [2.45, 2.75) is 32.7 Å². The molecule has 1 aliphatic heterocycles. The van der Waals surface area contributed by atoms with Crippen LogP contribution in [0.25, 0.3) is 0 Å². The largest absolute Gasteiger partial charge is 0.497 e. The van der Waals surface area contributed by atoms with Crippen LogP contribution >= 0.6 is 0 Å². The summed E-state index contributed by atoms with van der Waals surface area (Å²) >= 11 is 0. The molecule has 6 nitrogen and oxygen atoms in total. The zero-order chi connectivity index (χ0) is 20.6. The number of ether oxygens (including phenoxy) is 1. The van der Waals surface area contributed by atoms with Gasteiger partial charge in [-0.3, -0.25) is 9.59 Å². The van der Waals surface area contributed by atoms with Crippen LogP contribution in [0.5, 0.6) is 5.75 Å². The molecule has 0 atom stereocenters. The third-order valence-corrected chi connectivity index (χ3v) is 5.22. The van der Waals surface area contributed by atoms with E-state index in [1.54, 1.807) is 12.0 Å². The molecule has 0 spiro atoms. The Kier molecular flexibility index (Phi) is 7.11. The van der Waals surface area contributed by atoms with Gasteiger partial charge in [-0.2, -0.15) is 0 Å². The van der Waals surface area contributed by atoms with Crippen molar-refractivity contribution in [1.82, 2.24) is 5.32 Å². The molecule has 6 heteroatoms. The van der Waals surface area contributed by atoms with Crippen molar-refractivity contribution in [1.29, 1.82) is 0 Å². The Morgan fingerprint density at radius 2 is 1.69 bits per heavy atom. The van der Waals surface area contributed by atoms with E-state index >= 15 is 0 Å². The minimum absolute atomic E-state index is 0.0677. The van der Waals surface area contributed by atoms with Crippen molar-refractivity contribution in [3.8, 4) is 5.75 Å². The number of benzene rings is 2. The van der Waals surface area contributed by atoms with Gasteiger partial charge < -0.3 is 19.9 Å². The Morgan fingerprint density at radius 1 is 1.03 bits per heavy atom. The van der Waals surface area contributed by atoms with Crippen LogP contribution in [0.1, 0.15) is 31.7 Å². The van der Waals surface area contributed by atoms with Crippen LogP contribution in [0, 0.1) is 0 Å². The van der Waals surface area contributed by atoms with E-state index in [1.165, 1.54) is 25.5 Å². The number of hydrogen-bond acceptors (Lipinski definition) is 4. The molecular weight excluding hydrogens is 366 g/mol. The molecule has 154 valence electrons. The summed E-state index contributed by atoms with van der Waals surface area (Å²) in [7, 11) is 1.62. The molecule has 1 saturated heterocycles. The van der Waals surface area contributed by atoms with Gasteiger partial charge in [0.15, 0.2) is 0 Å². The van der Waals surface area contributed by atoms with E-state index in [0.29, 0.717) is 13.1 Å². The van der Waals surface area contributed by atoms with Crippen LogP contribution in [-0.4, -0.2) is 38.6 Å². The molecule has 0 unspecified atom stereocenters. The Hall–Kier alpha value is -3.02. The van der Waals surface area contributed by atoms with Crippen molar-refractivity contribution in [3.63, 3.8) is 0 Å². The Labute approximate surface area is 172 Å². The fraction of sp³-hybridized carbons (Fsp3) is 0.391. The first-order valence-corrected chi connectivity index (χ1v) is 10.1. The van der Waals surface area contributed by atoms with E-state index in [9.17, 15) is 9.59 Å². The lowest BCUT2D eigenvalue weighted by Crippen LogP contribution is -2.33. The van der Waals surface area contributed by atoms with E-state index in [-0.39, 0.29) is 18.2 Å². The van der Waals surface area contributed by atoms with Gasteiger partial charge in [0, 0.05) is 50.9 Å². The fourth-order valence-corrected chi connectivity index (χ4v) is 3.53. The number of carbonyl (C=O) groups excluding carboxylic acids is 2. The number of methoxy groups -OCH3 is 1. The molecule has 0 bridgehead atoms. The van der Waals surface area contributed by atoms with Crippen molar-refractivity contribution >= 4 is 23.2 Å². The smallest absolute Gasteiger partial charge is 0.223 e. The third kappa shape index (κ3) is 5.73. The Balaban J connectivity index is 1.51. The minimum Gasteiger partial charge on any atom is -0.497 e. The predicted octanol–water partition coefficient (Wildman–Crippen LogP) is 3.35. The van der Waals surface area contributed by atoms with Crippen LogP contribution in [0.15, 0.2) is 48.5 Å². The number of amides is 2. The standard InChI is InChI=1S/C23H29N3O3/c1-18(27)26(21-9-7-20(8-10-21)25-14-3-4-15-25)16-13-23(28)24-17-19-5-11-22(29-2)12-6-19/h5-12H,3-4,13-17H2,1-2H3,(H,24,28). The summed E-state index contributed by atoms with van der Waals surface area (Å²) in [6, 6.07) is 15.6. The molecule has 3 rings (SSSR count). The second-order valence-corrected chi connectivity index (χ2v) is 7.26. The normalized spacial score (nSPS) is 13.2. The lowest BCUT2D eigenvalue weighted by Gasteiger charge is -2.23. The molecule has 0 saturated carbocycles. The van der Waals surface area contributed by atoms with Crippen LogP contribution in [0.2, 0.25) is 0 Å². The number of rotatable bonds is 8. The molecule has 1 fully saturated rings. The van der Waals surface area contributed by atoms with Crippen molar-refractivity contribution in [3.05, 3.63) is 54.1 Å². The predicted molar refractivity (Wildman–Crippen MR) is 115 cm³/mol. The molecule has 29 heavy (non-hydrogen) atoms. The lowest BCUT2D eigenvalue weighted by molar-refractivity contribution is -0.121. The zero-order valence-corrected chi connectivity index (χ0v) is 17.2. The van der Waals surface area contributed by atoms with Gasteiger partial charge in [-0.05, 0) is 54.8 Å². The summed E-state index contributed by atoms with van der Waals surface area (Å²) in [6.07, 6.45) is 2.71. The Bertz CT molecular complexity index is 812. The summed E-state index contributed by atoms with van der Waals surface area (Å²) in [6.45, 7) is 4.51. The number of anilines is 2. The SMILES string of the molecule is COc1ccc(CNC(=O)CCN(C(C)=O)c2ccc(N3CCCC3)cc2)cc1. The maximum absolute atomic E-state index is 12.2. The monoisotopic (exact) mass is 395 g/mol. The summed E-state index contributed by atoms with van der Waals surface area (Å²) < 4.78 is 5.13. The zero-order valence-electron chi connectivity index (χ0n) is 17.2. The molecular formula is C23H29N3O3. The third-order valence-electron chi connectivity index (χ3n) is 5.22. The van der Waals surface area contributed by atoms with Crippen LogP contribution < -0.4 is 19.9 Å². The average Bonchev–Trinajstić information content (AvgIpc) is 3.28. The molecule has 2 amide bonds. The molecule has 1 heterocycles. The van der Waals surface area contributed by atoms with Gasteiger partial charge in [-0.15, -0.1) is 0 Å². The highest BCUT2D eigenvalue weighted by Gasteiger charge is 2.16. The van der Waals surface area contributed by atoms with Crippen LogP contribution in [-0.2, 0) is 16.1 Å². The molecule has 0 aromatic heterocycles. The van der Waals surface area contributed by atoms with Gasteiger partial charge >= 0.3 is 0 Å². The number of nitrogens with zero attached hydrogens (tertiary/aromatic N) is 2. The second-order valence-electron chi connectivity index (χ2n) is 7.26. The summed E-state index contributed by atoms with van der Waals surface area (Å²) in [5.74, 6) is 0.635. The van der Waals surface area contributed by atoms with Gasteiger partial charge in [0.25, 0.3) is 0 Å². The highest BCUT2D eigenvalue weighted by atomic mass is 16.5. The first kappa shape index (κ1) is 20.7. The first-order valence-electron chi connectivity index (χ1n) is 10.1. The topological polar surface area (TPSA) is 61.9 Å². The fourth-order valence-electron chi connectivity index (χ4n) is 3.53. The van der Waals surface area contributed by atoms with Crippen LogP contribution in [0.4, 0.5) is 11.4 Å². The summed E-state index contributed by atoms with van der Waals surface area (Å²) in [4.78, 5) is 28.4. The molecule has 1 N–H and O–H groups in total. The molecule has 0 aliphatic carbocycles. The molecule has 0 radical (unpaired) electrons. The minimum atomic E-state index is -0.0826. The van der Waals surface area contributed by atoms with Crippen LogP contribution in [0.3, 0.4) is 0 Å². The summed E-state index contributed by atoms with van der Waals surface area (Å²) in [5, 5.41) is 2.90. The van der Waals surface area contributed by atoms with E-state index in [2.05, 4.69) is 22.3 Å². The Morgan fingerprint density at radius 3 is 2.28 bits per heavy atom. The van der Waals surface area contributed by atoms with E-state index in [0.717, 1.165) is 30.1 Å². The van der Waals surface area contributed by atoms with Gasteiger partial charge in [-0.25, -0.2) is 0 Å². The molecule has 2 aromatic rings. The second kappa shape index (κ2) is 9.96. The maximum Gasteiger partial charge on any atom is 0.223 e. The highest BCUT2D eigenvalue weighted by Crippen LogP contribution is 2.24. The molecule has 2 aromatic carbocycles. The number of nitrogens with one attached hydrogen (secondary N) is 1. The van der Waals surface area contributed by atoms with Gasteiger partial charge in [0.1, 0.15) is 5.75 Å². The quantitative estimate of drug-likeness (QED) is 0.745. The maximum atomic E-state index is 12.2. The van der Waals surface area contributed by atoms with E-state index in [1.807, 2.05) is 36.4 Å². The summed E-state index contributed by atoms with van der Waals surface area (Å²) in [5.41, 5.74) is 3.01. The number of hydrogen-bond donors (Lipinski definition) is 1. The van der Waals surface area contributed by atoms with Crippen molar-refractivity contribution < 1.29 is 14.3 Å². The molecule has 1 aliphatic rings. The van der Waals surface area contributed by atoms with Gasteiger partial charge in [-0.1, -0.05) is 12.1 Å².